The van der Waals surface area contributed by atoms with Crippen LogP contribution in [-0.2, 0) is 0 Å². The lowest BCUT2D eigenvalue weighted by Crippen LogP contribution is -1.73. The third kappa shape index (κ3) is 34.3. The van der Waals surface area contributed by atoms with Crippen molar-refractivity contribution in [3.8, 4) is 16.9 Å². The summed E-state index contributed by atoms with van der Waals surface area (Å²) in [5.41, 5.74) is 2.55. The lowest BCUT2D eigenvalue weighted by atomic mass is 10.1. The molecule has 0 atom stereocenters. The first-order valence-corrected chi connectivity index (χ1v) is 13.0. The Morgan fingerprint density at radius 3 is 0.727 bits per heavy atom. The molecule has 3 rings (SSSR count). The summed E-state index contributed by atoms with van der Waals surface area (Å²) in [4.78, 5) is 0. The fraction of sp³-hybridized carbons (Fsp3) is 0.438. The molecular formula is C32H56O. The Balaban J connectivity index is -0.000000107. The van der Waals surface area contributed by atoms with E-state index in [0.29, 0.717) is 5.75 Å². The van der Waals surface area contributed by atoms with Crippen LogP contribution in [0.3, 0.4) is 0 Å². The first-order valence-electron chi connectivity index (χ1n) is 13.0. The van der Waals surface area contributed by atoms with Crippen molar-refractivity contribution in [2.75, 3.05) is 0 Å². The van der Waals surface area contributed by atoms with Gasteiger partial charge in [0.2, 0.25) is 0 Å². The topological polar surface area (TPSA) is 20.2 Å². The maximum Gasteiger partial charge on any atom is 0.115 e. The van der Waals surface area contributed by atoms with Gasteiger partial charge in [0, 0.05) is 0 Å². The minimum atomic E-state index is 0.322. The van der Waals surface area contributed by atoms with Crippen LogP contribution in [0.15, 0.2) is 91.0 Å². The van der Waals surface area contributed by atoms with Crippen LogP contribution in [0.5, 0.6) is 5.75 Å². The van der Waals surface area contributed by atoms with E-state index in [4.69, 9.17) is 5.11 Å². The number of para-hydroxylation sites is 1. The minimum Gasteiger partial charge on any atom is -0.508 e. The van der Waals surface area contributed by atoms with E-state index in [0.717, 1.165) is 0 Å². The molecule has 33 heavy (non-hydrogen) atoms. The van der Waals surface area contributed by atoms with Crippen LogP contribution in [-0.4, -0.2) is 5.11 Å². The Labute approximate surface area is 208 Å². The maximum absolute atomic E-state index is 8.63. The minimum absolute atomic E-state index is 0.322. The van der Waals surface area contributed by atoms with Gasteiger partial charge < -0.3 is 5.11 Å². The number of rotatable bonds is 1. The van der Waals surface area contributed by atoms with E-state index in [9.17, 15) is 0 Å². The van der Waals surface area contributed by atoms with E-state index >= 15 is 0 Å². The van der Waals surface area contributed by atoms with Crippen molar-refractivity contribution in [3.05, 3.63) is 91.0 Å². The zero-order valence-corrected chi connectivity index (χ0v) is 24.0. The molecule has 0 unspecified atom stereocenters. The average Bonchev–Trinajstić information content (AvgIpc) is 2.92. The van der Waals surface area contributed by atoms with Crippen LogP contribution in [0.25, 0.3) is 11.1 Å². The Hall–Kier alpha value is -2.54. The second-order valence-corrected chi connectivity index (χ2v) is 5.48. The van der Waals surface area contributed by atoms with Crippen molar-refractivity contribution in [1.82, 2.24) is 0 Å². The van der Waals surface area contributed by atoms with Gasteiger partial charge in [-0.1, -0.05) is 175 Å². The third-order valence-corrected chi connectivity index (χ3v) is 2.64. The van der Waals surface area contributed by atoms with E-state index in [1.165, 1.54) is 24.0 Å². The van der Waals surface area contributed by atoms with Crippen LogP contribution in [0, 0.1) is 0 Å². The molecular weight excluding hydrogens is 400 g/mol. The highest BCUT2D eigenvalue weighted by atomic mass is 16.3. The number of hydrogen-bond acceptors (Lipinski definition) is 1. The lowest BCUT2D eigenvalue weighted by Gasteiger charge is -1.98. The van der Waals surface area contributed by atoms with Gasteiger partial charge in [0.15, 0.2) is 0 Å². The molecule has 0 aliphatic rings. The lowest BCUT2D eigenvalue weighted by molar-refractivity contribution is 0.475. The van der Waals surface area contributed by atoms with E-state index < -0.39 is 0 Å². The van der Waals surface area contributed by atoms with E-state index in [2.05, 4.69) is 76.2 Å². The number of phenols is 1. The number of benzene rings is 3. The van der Waals surface area contributed by atoms with Crippen molar-refractivity contribution in [1.29, 1.82) is 0 Å². The van der Waals surface area contributed by atoms with Crippen molar-refractivity contribution >= 4 is 0 Å². The number of hydrogen-bond donors (Lipinski definition) is 1. The molecule has 0 bridgehead atoms. The molecule has 3 aromatic rings. The molecule has 1 N–H and O–H groups in total. The molecule has 0 fully saturated rings. The molecule has 1 heteroatoms. The highest BCUT2D eigenvalue weighted by Gasteiger charge is 1.91. The molecule has 0 saturated heterocycles. The van der Waals surface area contributed by atoms with E-state index in [1.54, 1.807) is 24.3 Å². The van der Waals surface area contributed by atoms with Crippen molar-refractivity contribution in [3.63, 3.8) is 0 Å². The number of phenolic OH excluding ortho intramolecular Hbond substituents is 1. The summed E-state index contributed by atoms with van der Waals surface area (Å²) in [7, 11) is 0. The zero-order valence-electron chi connectivity index (χ0n) is 24.0. The van der Waals surface area contributed by atoms with Gasteiger partial charge in [-0.2, -0.15) is 0 Å². The van der Waals surface area contributed by atoms with Crippen LogP contribution in [0.4, 0.5) is 0 Å². The van der Waals surface area contributed by atoms with Gasteiger partial charge in [0.05, 0.1) is 0 Å². The van der Waals surface area contributed by atoms with E-state index in [1.807, 2.05) is 73.6 Å². The van der Waals surface area contributed by atoms with Gasteiger partial charge in [-0.05, 0) is 23.3 Å². The maximum atomic E-state index is 8.63. The first kappa shape index (κ1) is 40.8. The molecule has 0 radical (unpaired) electrons. The van der Waals surface area contributed by atoms with Crippen LogP contribution < -0.4 is 0 Å². The molecule has 0 aliphatic carbocycles. The second-order valence-electron chi connectivity index (χ2n) is 5.48. The number of aromatic hydroxyl groups is 1. The summed E-state index contributed by atoms with van der Waals surface area (Å²) in [6.07, 6.45) is 2.50. The third-order valence-electron chi connectivity index (χ3n) is 2.64. The predicted molar refractivity (Wildman–Crippen MR) is 157 cm³/mol. The predicted octanol–water partition coefficient (Wildman–Crippen LogP) is 11.7. The summed E-state index contributed by atoms with van der Waals surface area (Å²) >= 11 is 0. The van der Waals surface area contributed by atoms with Crippen LogP contribution >= 0.6 is 0 Å². The zero-order chi connectivity index (χ0) is 26.8. The molecule has 0 aromatic heterocycles. The van der Waals surface area contributed by atoms with E-state index in [-0.39, 0.29) is 0 Å². The van der Waals surface area contributed by atoms with Gasteiger partial charge in [0.1, 0.15) is 5.75 Å². The summed E-state index contributed by atoms with van der Waals surface area (Å²) in [6, 6.07) is 29.5. The highest BCUT2D eigenvalue weighted by Crippen LogP contribution is 2.17. The van der Waals surface area contributed by atoms with Crippen molar-refractivity contribution in [2.45, 2.75) is 95.9 Å². The molecule has 0 amide bonds. The molecule has 0 heterocycles. The van der Waals surface area contributed by atoms with Crippen molar-refractivity contribution in [2.24, 2.45) is 0 Å². The molecule has 1 nitrogen and oxygen atoms in total. The smallest absolute Gasteiger partial charge is 0.115 e. The SMILES string of the molecule is CC.CC.CC.CC.CCC.CCC.Oc1ccccc1.c1ccc(-c2ccccc2)cc1. The van der Waals surface area contributed by atoms with Crippen molar-refractivity contribution < 1.29 is 5.11 Å². The van der Waals surface area contributed by atoms with Gasteiger partial charge in [-0.25, -0.2) is 0 Å². The molecule has 0 saturated carbocycles. The summed E-state index contributed by atoms with van der Waals surface area (Å²) in [6.45, 7) is 24.5. The molecule has 3 aromatic carbocycles. The second kappa shape index (κ2) is 43.4. The summed E-state index contributed by atoms with van der Waals surface area (Å²) < 4.78 is 0. The van der Waals surface area contributed by atoms with Crippen LogP contribution in [0.2, 0.25) is 0 Å². The fourth-order valence-electron chi connectivity index (χ4n) is 1.69. The Kier molecular flexibility index (Phi) is 53.6. The monoisotopic (exact) mass is 456 g/mol. The molecule has 0 spiro atoms. The molecule has 0 aliphatic heterocycles. The Bertz CT molecular complexity index is 564. The largest absolute Gasteiger partial charge is 0.508 e. The molecule has 190 valence electrons. The van der Waals surface area contributed by atoms with Gasteiger partial charge in [0.25, 0.3) is 0 Å². The Morgan fingerprint density at radius 2 is 0.576 bits per heavy atom. The Morgan fingerprint density at radius 1 is 0.394 bits per heavy atom. The first-order chi connectivity index (χ1) is 16.2. The standard InChI is InChI=1S/C12H10.C6H6O.2C3H8.4C2H6/c1-3-7-11(8-4-1)12-9-5-2-6-10-12;7-6-4-2-1-3-5-6;2*1-3-2;4*1-2/h1-10H;1-5,7H;2*3H2,1-2H3;4*1-2H3. The highest BCUT2D eigenvalue weighted by molar-refractivity contribution is 5.62. The van der Waals surface area contributed by atoms with Gasteiger partial charge >= 0.3 is 0 Å². The van der Waals surface area contributed by atoms with Gasteiger partial charge in [-0.3, -0.25) is 0 Å². The quantitative estimate of drug-likeness (QED) is 0.386. The average molecular weight is 457 g/mol. The van der Waals surface area contributed by atoms with Crippen LogP contribution in [0.1, 0.15) is 95.9 Å². The summed E-state index contributed by atoms with van der Waals surface area (Å²) in [5, 5.41) is 8.63. The summed E-state index contributed by atoms with van der Waals surface area (Å²) in [5.74, 6) is 0.322. The fourth-order valence-corrected chi connectivity index (χ4v) is 1.69. The van der Waals surface area contributed by atoms with Gasteiger partial charge in [-0.15, -0.1) is 0 Å². The normalized spacial score (nSPS) is 7.15.